The SMILES string of the molecule is COc1ccc2c(CC#N)c[nH]c2c1Br. The van der Waals surface area contributed by atoms with Crippen molar-refractivity contribution in [3.63, 3.8) is 0 Å². The molecule has 0 amide bonds. The van der Waals surface area contributed by atoms with Crippen molar-refractivity contribution >= 4 is 26.8 Å². The third-order valence-electron chi connectivity index (χ3n) is 2.33. The molecule has 0 aliphatic carbocycles. The normalized spacial score (nSPS) is 10.2. The van der Waals surface area contributed by atoms with E-state index in [2.05, 4.69) is 27.0 Å². The zero-order valence-corrected chi connectivity index (χ0v) is 9.76. The van der Waals surface area contributed by atoms with Crippen LogP contribution < -0.4 is 4.74 Å². The second-order valence-electron chi connectivity index (χ2n) is 3.15. The fourth-order valence-electron chi connectivity index (χ4n) is 1.59. The average Bonchev–Trinajstić information content (AvgIpc) is 2.64. The van der Waals surface area contributed by atoms with Crippen LogP contribution in [0.5, 0.6) is 5.75 Å². The first kappa shape index (κ1) is 10.1. The molecule has 4 heteroatoms. The first-order valence-electron chi connectivity index (χ1n) is 4.47. The number of ether oxygens (including phenoxy) is 1. The van der Waals surface area contributed by atoms with E-state index in [-0.39, 0.29) is 0 Å². The number of nitriles is 1. The van der Waals surface area contributed by atoms with Crippen LogP contribution >= 0.6 is 15.9 Å². The van der Waals surface area contributed by atoms with Gasteiger partial charge in [0.2, 0.25) is 0 Å². The molecule has 0 fully saturated rings. The Morgan fingerprint density at radius 1 is 1.53 bits per heavy atom. The number of nitrogens with zero attached hydrogens (tertiary/aromatic N) is 1. The molecule has 0 aliphatic rings. The highest BCUT2D eigenvalue weighted by molar-refractivity contribution is 9.10. The lowest BCUT2D eigenvalue weighted by Gasteiger charge is -2.03. The fraction of sp³-hybridized carbons (Fsp3) is 0.182. The summed E-state index contributed by atoms with van der Waals surface area (Å²) in [6, 6.07) is 5.99. The molecule has 0 aliphatic heterocycles. The smallest absolute Gasteiger partial charge is 0.135 e. The number of hydrogen-bond donors (Lipinski definition) is 1. The Morgan fingerprint density at radius 2 is 2.33 bits per heavy atom. The van der Waals surface area contributed by atoms with E-state index < -0.39 is 0 Å². The Labute approximate surface area is 95.8 Å². The molecular formula is C11H9BrN2O. The number of rotatable bonds is 2. The summed E-state index contributed by atoms with van der Waals surface area (Å²) in [7, 11) is 1.63. The number of H-pyrrole nitrogens is 1. The molecule has 1 heterocycles. The molecule has 1 aromatic heterocycles. The molecule has 76 valence electrons. The summed E-state index contributed by atoms with van der Waals surface area (Å²) < 4.78 is 6.09. The number of methoxy groups -OCH3 is 1. The number of hydrogen-bond acceptors (Lipinski definition) is 2. The Balaban J connectivity index is 2.66. The molecule has 1 N–H and O–H groups in total. The molecule has 0 bridgehead atoms. The number of fused-ring (bicyclic) bond motifs is 1. The van der Waals surface area contributed by atoms with Crippen LogP contribution in [0.15, 0.2) is 22.8 Å². The minimum absolute atomic E-state index is 0.415. The van der Waals surface area contributed by atoms with Gasteiger partial charge in [0.1, 0.15) is 5.75 Å². The van der Waals surface area contributed by atoms with Gasteiger partial charge in [-0.05, 0) is 33.6 Å². The van der Waals surface area contributed by atoms with E-state index in [9.17, 15) is 0 Å². The van der Waals surface area contributed by atoms with Crippen LogP contribution in [0.3, 0.4) is 0 Å². The van der Waals surface area contributed by atoms with Crippen LogP contribution in [0.1, 0.15) is 5.56 Å². The quantitative estimate of drug-likeness (QED) is 0.907. The highest BCUT2D eigenvalue weighted by Gasteiger charge is 2.09. The third kappa shape index (κ3) is 1.59. The first-order chi connectivity index (χ1) is 7.27. The number of halogens is 1. The largest absolute Gasteiger partial charge is 0.495 e. The van der Waals surface area contributed by atoms with E-state index in [1.807, 2.05) is 18.3 Å². The zero-order valence-electron chi connectivity index (χ0n) is 8.17. The number of aromatic amines is 1. The fourth-order valence-corrected chi connectivity index (χ4v) is 2.21. The number of nitrogens with one attached hydrogen (secondary N) is 1. The van der Waals surface area contributed by atoms with E-state index in [1.54, 1.807) is 7.11 Å². The maximum atomic E-state index is 8.67. The third-order valence-corrected chi connectivity index (χ3v) is 3.12. The number of benzene rings is 1. The number of aromatic nitrogens is 1. The molecule has 0 atom stereocenters. The van der Waals surface area contributed by atoms with Gasteiger partial charge in [-0.15, -0.1) is 0 Å². The first-order valence-corrected chi connectivity index (χ1v) is 5.26. The summed E-state index contributed by atoms with van der Waals surface area (Å²) in [6.45, 7) is 0. The highest BCUT2D eigenvalue weighted by Crippen LogP contribution is 2.33. The Hall–Kier alpha value is -1.47. The van der Waals surface area contributed by atoms with E-state index in [0.717, 1.165) is 26.7 Å². The van der Waals surface area contributed by atoms with Crippen LogP contribution in [-0.4, -0.2) is 12.1 Å². The Kier molecular flexibility index (Phi) is 2.65. The molecule has 0 saturated heterocycles. The molecule has 1 aromatic carbocycles. The summed E-state index contributed by atoms with van der Waals surface area (Å²) in [5.74, 6) is 0.785. The maximum Gasteiger partial charge on any atom is 0.135 e. The van der Waals surface area contributed by atoms with Gasteiger partial charge in [0.05, 0.1) is 29.6 Å². The van der Waals surface area contributed by atoms with Crippen molar-refractivity contribution in [2.75, 3.05) is 7.11 Å². The van der Waals surface area contributed by atoms with Gasteiger partial charge in [0.25, 0.3) is 0 Å². The molecule has 2 aromatic rings. The summed E-state index contributed by atoms with van der Waals surface area (Å²) in [5, 5.41) is 9.73. The highest BCUT2D eigenvalue weighted by atomic mass is 79.9. The van der Waals surface area contributed by atoms with Gasteiger partial charge in [-0.25, -0.2) is 0 Å². The Morgan fingerprint density at radius 3 is 3.00 bits per heavy atom. The predicted molar refractivity (Wildman–Crippen MR) is 61.9 cm³/mol. The van der Waals surface area contributed by atoms with E-state index in [1.165, 1.54) is 0 Å². The van der Waals surface area contributed by atoms with E-state index >= 15 is 0 Å². The van der Waals surface area contributed by atoms with Gasteiger partial charge in [0, 0.05) is 11.6 Å². The van der Waals surface area contributed by atoms with Gasteiger partial charge >= 0.3 is 0 Å². The summed E-state index contributed by atoms with van der Waals surface area (Å²) in [5.41, 5.74) is 1.98. The summed E-state index contributed by atoms with van der Waals surface area (Å²) in [4.78, 5) is 3.14. The van der Waals surface area contributed by atoms with Gasteiger partial charge in [0.15, 0.2) is 0 Å². The van der Waals surface area contributed by atoms with Gasteiger partial charge < -0.3 is 9.72 Å². The minimum atomic E-state index is 0.415. The molecule has 0 radical (unpaired) electrons. The molecule has 0 spiro atoms. The summed E-state index contributed by atoms with van der Waals surface area (Å²) >= 11 is 3.47. The molecule has 2 rings (SSSR count). The minimum Gasteiger partial charge on any atom is -0.495 e. The van der Waals surface area contributed by atoms with Crippen LogP contribution in [0, 0.1) is 11.3 Å². The lowest BCUT2D eigenvalue weighted by Crippen LogP contribution is -1.85. The monoisotopic (exact) mass is 264 g/mol. The second-order valence-corrected chi connectivity index (χ2v) is 3.95. The van der Waals surface area contributed by atoms with Crippen LogP contribution in [-0.2, 0) is 6.42 Å². The maximum absolute atomic E-state index is 8.67. The van der Waals surface area contributed by atoms with E-state index in [0.29, 0.717) is 6.42 Å². The zero-order chi connectivity index (χ0) is 10.8. The van der Waals surface area contributed by atoms with Crippen LogP contribution in [0.4, 0.5) is 0 Å². The second kappa shape index (κ2) is 3.95. The average molecular weight is 265 g/mol. The molecule has 15 heavy (non-hydrogen) atoms. The van der Waals surface area contributed by atoms with Gasteiger partial charge in [-0.3, -0.25) is 0 Å². The molecule has 3 nitrogen and oxygen atoms in total. The Bertz CT molecular complexity index is 539. The van der Waals surface area contributed by atoms with Crippen molar-refractivity contribution in [3.8, 4) is 11.8 Å². The van der Waals surface area contributed by atoms with Gasteiger partial charge in [-0.1, -0.05) is 0 Å². The van der Waals surface area contributed by atoms with Crippen molar-refractivity contribution < 1.29 is 4.74 Å². The van der Waals surface area contributed by atoms with Crippen molar-refractivity contribution in [3.05, 3.63) is 28.4 Å². The standard InChI is InChI=1S/C11H9BrN2O/c1-15-9-3-2-8-7(4-5-13)6-14-11(8)10(9)12/h2-3,6,14H,4H2,1H3. The van der Waals surface area contributed by atoms with E-state index in [4.69, 9.17) is 10.00 Å². The molecule has 0 saturated carbocycles. The lowest BCUT2D eigenvalue weighted by molar-refractivity contribution is 0.413. The van der Waals surface area contributed by atoms with Crippen LogP contribution in [0.25, 0.3) is 10.9 Å². The van der Waals surface area contributed by atoms with Crippen molar-refractivity contribution in [1.82, 2.24) is 4.98 Å². The lowest BCUT2D eigenvalue weighted by atomic mass is 10.1. The summed E-state index contributed by atoms with van der Waals surface area (Å²) in [6.07, 6.45) is 2.27. The molecular weight excluding hydrogens is 256 g/mol. The van der Waals surface area contributed by atoms with Crippen LogP contribution in [0.2, 0.25) is 0 Å². The predicted octanol–water partition coefficient (Wildman–Crippen LogP) is 3.01. The van der Waals surface area contributed by atoms with Crippen molar-refractivity contribution in [1.29, 1.82) is 5.26 Å². The van der Waals surface area contributed by atoms with Crippen molar-refractivity contribution in [2.45, 2.75) is 6.42 Å². The molecule has 0 unspecified atom stereocenters. The van der Waals surface area contributed by atoms with Gasteiger partial charge in [-0.2, -0.15) is 5.26 Å². The topological polar surface area (TPSA) is 48.8 Å². The van der Waals surface area contributed by atoms with Crippen molar-refractivity contribution in [2.24, 2.45) is 0 Å².